The normalized spacial score (nSPS) is 10.4. The number of aromatic nitrogens is 4. The van der Waals surface area contributed by atoms with Gasteiger partial charge in [0.05, 0.1) is 6.61 Å². The minimum Gasteiger partial charge on any atom is -0.461 e. The lowest BCUT2D eigenvalue weighted by atomic mass is 10.4. The van der Waals surface area contributed by atoms with E-state index in [1.54, 1.807) is 13.0 Å². The van der Waals surface area contributed by atoms with Gasteiger partial charge in [0.25, 0.3) is 5.78 Å². The van der Waals surface area contributed by atoms with E-state index in [1.165, 1.54) is 17.0 Å². The second kappa shape index (κ2) is 3.41. The second-order valence-corrected chi connectivity index (χ2v) is 2.52. The standard InChI is InChI=1S/C8H8N4O2/c1-2-14-7(13)6-3-4-9-8-10-5-11-12(6)8/h3-5H,2H2,1H3. The number of fused-ring (bicyclic) bond motifs is 1. The van der Waals surface area contributed by atoms with Gasteiger partial charge in [-0.1, -0.05) is 0 Å². The lowest BCUT2D eigenvalue weighted by Gasteiger charge is -2.01. The average molecular weight is 192 g/mol. The zero-order valence-corrected chi connectivity index (χ0v) is 7.54. The molecule has 2 aromatic heterocycles. The SMILES string of the molecule is CCOC(=O)c1ccnc2ncnn12. The molecular formula is C8H8N4O2. The van der Waals surface area contributed by atoms with E-state index in [-0.39, 0.29) is 0 Å². The van der Waals surface area contributed by atoms with E-state index in [0.717, 1.165) is 0 Å². The van der Waals surface area contributed by atoms with E-state index in [0.29, 0.717) is 18.1 Å². The second-order valence-electron chi connectivity index (χ2n) is 2.52. The molecule has 0 saturated heterocycles. The zero-order chi connectivity index (χ0) is 9.97. The summed E-state index contributed by atoms with van der Waals surface area (Å²) in [6.07, 6.45) is 2.83. The number of hydrogen-bond donors (Lipinski definition) is 0. The lowest BCUT2D eigenvalue weighted by molar-refractivity contribution is 0.0516. The molecule has 2 aromatic rings. The molecule has 0 amide bonds. The number of carbonyl (C=O) groups is 1. The summed E-state index contributed by atoms with van der Waals surface area (Å²) in [5.74, 6) is -0.0408. The summed E-state index contributed by atoms with van der Waals surface area (Å²) in [7, 11) is 0. The van der Waals surface area contributed by atoms with Crippen LogP contribution in [0, 0.1) is 0 Å². The zero-order valence-electron chi connectivity index (χ0n) is 7.54. The molecule has 0 aliphatic heterocycles. The van der Waals surface area contributed by atoms with Crippen LogP contribution in [0.15, 0.2) is 18.6 Å². The highest BCUT2D eigenvalue weighted by atomic mass is 16.5. The van der Waals surface area contributed by atoms with Crippen LogP contribution < -0.4 is 0 Å². The Morgan fingerprint density at radius 2 is 2.43 bits per heavy atom. The molecular weight excluding hydrogens is 184 g/mol. The van der Waals surface area contributed by atoms with Gasteiger partial charge in [0.2, 0.25) is 0 Å². The summed E-state index contributed by atoms with van der Waals surface area (Å²) in [5, 5.41) is 3.86. The third-order valence-electron chi connectivity index (χ3n) is 1.66. The maximum atomic E-state index is 11.4. The number of rotatable bonds is 2. The van der Waals surface area contributed by atoms with Gasteiger partial charge in [0.1, 0.15) is 6.33 Å². The molecule has 0 aromatic carbocycles. The molecule has 6 nitrogen and oxygen atoms in total. The van der Waals surface area contributed by atoms with Crippen molar-refractivity contribution in [2.24, 2.45) is 0 Å². The van der Waals surface area contributed by atoms with Gasteiger partial charge in [-0.25, -0.2) is 9.78 Å². The molecule has 2 heterocycles. The van der Waals surface area contributed by atoms with Gasteiger partial charge < -0.3 is 4.74 Å². The molecule has 6 heteroatoms. The van der Waals surface area contributed by atoms with Crippen LogP contribution in [0.4, 0.5) is 0 Å². The number of hydrogen-bond acceptors (Lipinski definition) is 5. The molecule has 0 spiro atoms. The first-order valence-electron chi connectivity index (χ1n) is 4.15. The highest BCUT2D eigenvalue weighted by Gasteiger charge is 2.11. The number of ether oxygens (including phenoxy) is 1. The predicted molar refractivity (Wildman–Crippen MR) is 46.7 cm³/mol. The van der Waals surface area contributed by atoms with Crippen molar-refractivity contribution in [3.05, 3.63) is 24.3 Å². The van der Waals surface area contributed by atoms with Crippen LogP contribution in [0.3, 0.4) is 0 Å². The first kappa shape index (κ1) is 8.61. The van der Waals surface area contributed by atoms with Crippen LogP contribution in [0.2, 0.25) is 0 Å². The van der Waals surface area contributed by atoms with Crippen LogP contribution in [0.1, 0.15) is 17.4 Å². The Balaban J connectivity index is 2.50. The quantitative estimate of drug-likeness (QED) is 0.640. The van der Waals surface area contributed by atoms with Crippen LogP contribution in [-0.4, -0.2) is 32.2 Å². The predicted octanol–water partition coefficient (Wildman–Crippen LogP) is 0.301. The molecule has 0 atom stereocenters. The van der Waals surface area contributed by atoms with Gasteiger partial charge in [-0.2, -0.15) is 14.6 Å². The van der Waals surface area contributed by atoms with Crippen LogP contribution in [0.25, 0.3) is 5.78 Å². The molecule has 0 saturated carbocycles. The smallest absolute Gasteiger partial charge is 0.357 e. The van der Waals surface area contributed by atoms with Crippen molar-refractivity contribution >= 4 is 11.7 Å². The van der Waals surface area contributed by atoms with Gasteiger partial charge in [-0.3, -0.25) is 0 Å². The third-order valence-corrected chi connectivity index (χ3v) is 1.66. The minimum atomic E-state index is -0.426. The van der Waals surface area contributed by atoms with Gasteiger partial charge >= 0.3 is 5.97 Å². The van der Waals surface area contributed by atoms with E-state index < -0.39 is 5.97 Å². The Morgan fingerprint density at radius 1 is 1.57 bits per heavy atom. The molecule has 2 rings (SSSR count). The summed E-state index contributed by atoms with van der Waals surface area (Å²) in [6, 6.07) is 1.54. The molecule has 0 aliphatic carbocycles. The summed E-state index contributed by atoms with van der Waals surface area (Å²) in [5.41, 5.74) is 0.328. The Labute approximate surface area is 79.5 Å². The topological polar surface area (TPSA) is 69.4 Å². The molecule has 0 fully saturated rings. The van der Waals surface area contributed by atoms with Gasteiger partial charge in [0, 0.05) is 6.20 Å². The maximum Gasteiger partial charge on any atom is 0.357 e. The summed E-state index contributed by atoms with van der Waals surface area (Å²) in [4.78, 5) is 19.2. The summed E-state index contributed by atoms with van der Waals surface area (Å²) >= 11 is 0. The van der Waals surface area contributed by atoms with Gasteiger partial charge in [0.15, 0.2) is 5.69 Å². The highest BCUT2D eigenvalue weighted by Crippen LogP contribution is 2.02. The molecule has 0 radical (unpaired) electrons. The summed E-state index contributed by atoms with van der Waals surface area (Å²) < 4.78 is 6.20. The van der Waals surface area contributed by atoms with E-state index in [4.69, 9.17) is 4.74 Å². The fourth-order valence-electron chi connectivity index (χ4n) is 1.10. The van der Waals surface area contributed by atoms with E-state index in [9.17, 15) is 4.79 Å². The Kier molecular flexibility index (Phi) is 2.10. The number of carbonyl (C=O) groups excluding carboxylic acids is 1. The highest BCUT2D eigenvalue weighted by molar-refractivity contribution is 5.87. The molecule has 0 unspecified atom stereocenters. The maximum absolute atomic E-state index is 11.4. The molecule has 72 valence electrons. The minimum absolute atomic E-state index is 0.328. The fraction of sp³-hybridized carbons (Fsp3) is 0.250. The third kappa shape index (κ3) is 1.30. The number of esters is 1. The van der Waals surface area contributed by atoms with E-state index >= 15 is 0 Å². The molecule has 0 aliphatic rings. The Bertz CT molecular complexity index is 465. The van der Waals surface area contributed by atoms with Crippen molar-refractivity contribution in [1.82, 2.24) is 19.6 Å². The van der Waals surface area contributed by atoms with Crippen LogP contribution in [0.5, 0.6) is 0 Å². The van der Waals surface area contributed by atoms with E-state index in [1.807, 2.05) is 0 Å². The van der Waals surface area contributed by atoms with Crippen molar-refractivity contribution in [2.45, 2.75) is 6.92 Å². The molecule has 0 N–H and O–H groups in total. The first-order valence-corrected chi connectivity index (χ1v) is 4.15. The van der Waals surface area contributed by atoms with Gasteiger partial charge in [-0.05, 0) is 13.0 Å². The van der Waals surface area contributed by atoms with Crippen molar-refractivity contribution in [3.63, 3.8) is 0 Å². The largest absolute Gasteiger partial charge is 0.461 e. The Morgan fingerprint density at radius 3 is 3.21 bits per heavy atom. The average Bonchev–Trinajstić information content (AvgIpc) is 2.65. The number of nitrogens with zero attached hydrogens (tertiary/aromatic N) is 4. The van der Waals surface area contributed by atoms with Crippen molar-refractivity contribution < 1.29 is 9.53 Å². The van der Waals surface area contributed by atoms with Crippen LogP contribution >= 0.6 is 0 Å². The fourth-order valence-corrected chi connectivity index (χ4v) is 1.10. The van der Waals surface area contributed by atoms with E-state index in [2.05, 4.69) is 15.1 Å². The molecule has 0 bridgehead atoms. The Hall–Kier alpha value is -1.98. The molecule has 14 heavy (non-hydrogen) atoms. The van der Waals surface area contributed by atoms with Crippen LogP contribution in [-0.2, 0) is 4.74 Å². The lowest BCUT2D eigenvalue weighted by Crippen LogP contribution is -2.11. The van der Waals surface area contributed by atoms with Crippen molar-refractivity contribution in [2.75, 3.05) is 6.61 Å². The van der Waals surface area contributed by atoms with Gasteiger partial charge in [-0.15, -0.1) is 0 Å². The van der Waals surface area contributed by atoms with Crippen molar-refractivity contribution in [3.8, 4) is 0 Å². The monoisotopic (exact) mass is 192 g/mol. The first-order chi connectivity index (χ1) is 6.83. The summed E-state index contributed by atoms with van der Waals surface area (Å²) in [6.45, 7) is 2.08. The van der Waals surface area contributed by atoms with Crippen molar-refractivity contribution in [1.29, 1.82) is 0 Å².